The van der Waals surface area contributed by atoms with Gasteiger partial charge in [0.25, 0.3) is 0 Å². The standard InChI is InChI=1S/C6H6.2C3H7NO/c1-2-4-6-5-3-1;2*1-3(5)4-2/h1-6H;2*1-2H3,(H,4,5). The summed E-state index contributed by atoms with van der Waals surface area (Å²) in [6.07, 6.45) is 0. The molecule has 1 aromatic carbocycles. The summed E-state index contributed by atoms with van der Waals surface area (Å²) >= 11 is 0. The van der Waals surface area contributed by atoms with Gasteiger partial charge in [-0.1, -0.05) is 36.4 Å². The van der Waals surface area contributed by atoms with Crippen LogP contribution in [0.4, 0.5) is 0 Å². The Kier molecular flexibility index (Phi) is 13.6. The van der Waals surface area contributed by atoms with Gasteiger partial charge in [-0.2, -0.15) is 0 Å². The lowest BCUT2D eigenvalue weighted by Gasteiger charge is -1.80. The zero-order chi connectivity index (χ0) is 12.8. The molecule has 0 aliphatic rings. The van der Waals surface area contributed by atoms with Gasteiger partial charge in [0.1, 0.15) is 0 Å². The highest BCUT2D eigenvalue weighted by Gasteiger charge is 1.73. The average molecular weight is 224 g/mol. The van der Waals surface area contributed by atoms with E-state index in [1.807, 2.05) is 36.4 Å². The second-order valence-electron chi connectivity index (χ2n) is 2.77. The van der Waals surface area contributed by atoms with Crippen LogP contribution in [-0.4, -0.2) is 25.9 Å². The molecule has 0 saturated carbocycles. The van der Waals surface area contributed by atoms with Gasteiger partial charge in [0.05, 0.1) is 0 Å². The van der Waals surface area contributed by atoms with Crippen LogP contribution in [0.3, 0.4) is 0 Å². The number of carbonyl (C=O) groups is 2. The first-order valence-corrected chi connectivity index (χ1v) is 4.91. The van der Waals surface area contributed by atoms with Gasteiger partial charge in [-0.05, 0) is 0 Å². The van der Waals surface area contributed by atoms with E-state index in [0.717, 1.165) is 0 Å². The minimum Gasteiger partial charge on any atom is -0.359 e. The summed E-state index contributed by atoms with van der Waals surface area (Å²) in [5, 5.41) is 4.78. The Balaban J connectivity index is 0. The van der Waals surface area contributed by atoms with E-state index >= 15 is 0 Å². The van der Waals surface area contributed by atoms with E-state index in [-0.39, 0.29) is 11.8 Å². The van der Waals surface area contributed by atoms with Crippen LogP contribution in [-0.2, 0) is 9.59 Å². The maximum absolute atomic E-state index is 9.70. The zero-order valence-corrected chi connectivity index (χ0v) is 10.3. The maximum Gasteiger partial charge on any atom is 0.216 e. The molecule has 16 heavy (non-hydrogen) atoms. The molecule has 0 atom stereocenters. The summed E-state index contributed by atoms with van der Waals surface area (Å²) in [5.41, 5.74) is 0. The molecule has 0 saturated heterocycles. The number of benzene rings is 1. The second kappa shape index (κ2) is 13.2. The monoisotopic (exact) mass is 224 g/mol. The van der Waals surface area contributed by atoms with E-state index in [0.29, 0.717) is 0 Å². The van der Waals surface area contributed by atoms with E-state index in [9.17, 15) is 9.59 Å². The molecule has 1 aromatic rings. The van der Waals surface area contributed by atoms with Gasteiger partial charge in [-0.3, -0.25) is 9.59 Å². The fraction of sp³-hybridized carbons (Fsp3) is 0.333. The SMILES string of the molecule is CNC(C)=O.CNC(C)=O.c1ccccc1. The van der Waals surface area contributed by atoms with Crippen molar-refractivity contribution >= 4 is 11.8 Å². The fourth-order valence-corrected chi connectivity index (χ4v) is 0.385. The predicted molar refractivity (Wildman–Crippen MR) is 65.9 cm³/mol. The highest BCUT2D eigenvalue weighted by molar-refractivity contribution is 5.72. The van der Waals surface area contributed by atoms with Gasteiger partial charge in [0.15, 0.2) is 0 Å². The quantitative estimate of drug-likeness (QED) is 0.695. The molecule has 4 nitrogen and oxygen atoms in total. The van der Waals surface area contributed by atoms with E-state index in [1.54, 1.807) is 14.1 Å². The van der Waals surface area contributed by atoms with Crippen LogP contribution in [0, 0.1) is 0 Å². The molecule has 0 radical (unpaired) electrons. The first-order chi connectivity index (χ1) is 7.54. The normalized spacial score (nSPS) is 7.25. The zero-order valence-electron chi connectivity index (χ0n) is 10.3. The molecule has 2 amide bonds. The molecule has 0 aromatic heterocycles. The molecule has 90 valence electrons. The van der Waals surface area contributed by atoms with E-state index in [1.165, 1.54) is 13.8 Å². The van der Waals surface area contributed by atoms with Gasteiger partial charge in [0.2, 0.25) is 11.8 Å². The number of amides is 2. The lowest BCUT2D eigenvalue weighted by atomic mass is 10.4. The lowest BCUT2D eigenvalue weighted by Crippen LogP contribution is -2.11. The van der Waals surface area contributed by atoms with Crippen molar-refractivity contribution in [2.24, 2.45) is 0 Å². The number of hydrogen-bond donors (Lipinski definition) is 2. The van der Waals surface area contributed by atoms with Crippen molar-refractivity contribution in [3.8, 4) is 0 Å². The van der Waals surface area contributed by atoms with Crippen LogP contribution in [0.15, 0.2) is 36.4 Å². The summed E-state index contributed by atoms with van der Waals surface area (Å²) in [5.74, 6) is 0.00926. The Hall–Kier alpha value is -1.84. The molecule has 0 spiro atoms. The number of nitrogens with one attached hydrogen (secondary N) is 2. The predicted octanol–water partition coefficient (Wildman–Crippen LogP) is 1.19. The van der Waals surface area contributed by atoms with Crippen LogP contribution >= 0.6 is 0 Å². The number of rotatable bonds is 0. The summed E-state index contributed by atoms with van der Waals surface area (Å²) in [6.45, 7) is 2.94. The van der Waals surface area contributed by atoms with Gasteiger partial charge < -0.3 is 10.6 Å². The van der Waals surface area contributed by atoms with Gasteiger partial charge in [0, 0.05) is 27.9 Å². The molecule has 0 heterocycles. The highest BCUT2D eigenvalue weighted by Crippen LogP contribution is 1.79. The van der Waals surface area contributed by atoms with Crippen LogP contribution in [0.1, 0.15) is 13.8 Å². The summed E-state index contributed by atoms with van der Waals surface area (Å²) < 4.78 is 0. The largest absolute Gasteiger partial charge is 0.359 e. The van der Waals surface area contributed by atoms with Crippen molar-refractivity contribution in [1.29, 1.82) is 0 Å². The summed E-state index contributed by atoms with van der Waals surface area (Å²) in [4.78, 5) is 19.4. The second-order valence-corrected chi connectivity index (χ2v) is 2.77. The molecule has 0 fully saturated rings. The average Bonchev–Trinajstić information content (AvgIpc) is 2.32. The number of carbonyl (C=O) groups excluding carboxylic acids is 2. The Morgan fingerprint density at radius 1 is 0.688 bits per heavy atom. The van der Waals surface area contributed by atoms with Gasteiger partial charge in [-0.15, -0.1) is 0 Å². The third-order valence-electron chi connectivity index (χ3n) is 1.37. The van der Waals surface area contributed by atoms with Crippen molar-refractivity contribution in [2.45, 2.75) is 13.8 Å². The van der Waals surface area contributed by atoms with Crippen LogP contribution in [0.2, 0.25) is 0 Å². The molecule has 0 aliphatic heterocycles. The molecule has 0 bridgehead atoms. The fourth-order valence-electron chi connectivity index (χ4n) is 0.385. The van der Waals surface area contributed by atoms with Crippen molar-refractivity contribution in [2.75, 3.05) is 14.1 Å². The Labute approximate surface area is 97.1 Å². The topological polar surface area (TPSA) is 58.2 Å². The highest BCUT2D eigenvalue weighted by atomic mass is 16.1. The summed E-state index contributed by atoms with van der Waals surface area (Å²) in [6, 6.07) is 12.0. The molecule has 0 aliphatic carbocycles. The first-order valence-electron chi connectivity index (χ1n) is 4.91. The third kappa shape index (κ3) is 22.7. The van der Waals surface area contributed by atoms with E-state index in [2.05, 4.69) is 10.6 Å². The van der Waals surface area contributed by atoms with Crippen LogP contribution in [0.5, 0.6) is 0 Å². The van der Waals surface area contributed by atoms with Gasteiger partial charge >= 0.3 is 0 Å². The molecule has 0 unspecified atom stereocenters. The molecular formula is C12H20N2O2. The van der Waals surface area contributed by atoms with Crippen molar-refractivity contribution in [3.05, 3.63) is 36.4 Å². The van der Waals surface area contributed by atoms with Crippen molar-refractivity contribution in [3.63, 3.8) is 0 Å². The maximum atomic E-state index is 9.70. The Morgan fingerprint density at radius 2 is 0.812 bits per heavy atom. The number of hydrogen-bond acceptors (Lipinski definition) is 2. The van der Waals surface area contributed by atoms with Crippen molar-refractivity contribution in [1.82, 2.24) is 10.6 Å². The van der Waals surface area contributed by atoms with Crippen LogP contribution in [0.25, 0.3) is 0 Å². The smallest absolute Gasteiger partial charge is 0.216 e. The van der Waals surface area contributed by atoms with E-state index < -0.39 is 0 Å². The molecule has 4 heteroatoms. The van der Waals surface area contributed by atoms with Gasteiger partial charge in [-0.25, -0.2) is 0 Å². The lowest BCUT2D eigenvalue weighted by molar-refractivity contribution is -0.119. The van der Waals surface area contributed by atoms with E-state index in [4.69, 9.17) is 0 Å². The summed E-state index contributed by atoms with van der Waals surface area (Å²) in [7, 11) is 3.20. The molecular weight excluding hydrogens is 204 g/mol. The Bertz CT molecular complexity index is 233. The van der Waals surface area contributed by atoms with Crippen molar-refractivity contribution < 1.29 is 9.59 Å². The minimum atomic E-state index is 0.00463. The van der Waals surface area contributed by atoms with Crippen LogP contribution < -0.4 is 10.6 Å². The Morgan fingerprint density at radius 3 is 0.875 bits per heavy atom. The molecule has 2 N–H and O–H groups in total. The first kappa shape index (κ1) is 16.6. The third-order valence-corrected chi connectivity index (χ3v) is 1.37. The molecule has 1 rings (SSSR count). The minimum absolute atomic E-state index is 0.00463.